The van der Waals surface area contributed by atoms with Gasteiger partial charge in [0.05, 0.1) is 18.1 Å². The molecule has 5 aromatic rings. The first-order valence-corrected chi connectivity index (χ1v) is 13.8. The standard InChI is InChI=1S/C32H32N4O4/c1-40-24-14-11-20(12-15-24)30-34-27-17-21(13-16-29(27)36(30)23-7-3-2-4-8-23)31(37)35-28(32(38)39)18-22-19-33-26-10-6-5-9-25(22)26/h5-6,9-17,19,23,28,33H,2-4,7-8,18H2,1H3,(H,35,37)(H,38,39). The lowest BCUT2D eigenvalue weighted by atomic mass is 9.94. The summed E-state index contributed by atoms with van der Waals surface area (Å²) in [6.45, 7) is 0. The molecule has 8 nitrogen and oxygen atoms in total. The summed E-state index contributed by atoms with van der Waals surface area (Å²) in [6.07, 6.45) is 7.76. The quantitative estimate of drug-likeness (QED) is 0.221. The number of hydrogen-bond donors (Lipinski definition) is 3. The monoisotopic (exact) mass is 536 g/mol. The van der Waals surface area contributed by atoms with Crippen molar-refractivity contribution in [1.29, 1.82) is 0 Å². The van der Waals surface area contributed by atoms with Gasteiger partial charge in [-0.3, -0.25) is 4.79 Å². The zero-order chi connectivity index (χ0) is 27.6. The SMILES string of the molecule is COc1ccc(-c2nc3cc(C(=O)NC(Cc4c[nH]c5ccccc45)C(=O)O)ccc3n2C2CCCCC2)cc1. The Morgan fingerprint density at radius 2 is 1.85 bits per heavy atom. The number of carboxylic acid groups (broad SMARTS) is 1. The molecule has 1 atom stereocenters. The number of aromatic amines is 1. The van der Waals surface area contributed by atoms with E-state index in [4.69, 9.17) is 9.72 Å². The summed E-state index contributed by atoms with van der Waals surface area (Å²) < 4.78 is 7.65. The summed E-state index contributed by atoms with van der Waals surface area (Å²) in [5.41, 5.74) is 4.83. The number of aromatic nitrogens is 3. The number of carboxylic acids is 1. The van der Waals surface area contributed by atoms with Gasteiger partial charge in [0.2, 0.25) is 0 Å². The second-order valence-electron chi connectivity index (χ2n) is 10.5. The van der Waals surface area contributed by atoms with Gasteiger partial charge in [0.1, 0.15) is 17.6 Å². The Labute approximate surface area is 232 Å². The molecule has 6 rings (SSSR count). The number of carbonyl (C=O) groups is 2. The second kappa shape index (κ2) is 10.9. The Bertz CT molecular complexity index is 1680. The van der Waals surface area contributed by atoms with Gasteiger partial charge in [-0.15, -0.1) is 0 Å². The lowest BCUT2D eigenvalue weighted by Gasteiger charge is -2.25. The Hall–Kier alpha value is -4.59. The number of methoxy groups -OCH3 is 1. The number of carbonyl (C=O) groups excluding carboxylic acids is 1. The molecule has 0 saturated heterocycles. The summed E-state index contributed by atoms with van der Waals surface area (Å²) in [5.74, 6) is 0.129. The summed E-state index contributed by atoms with van der Waals surface area (Å²) in [6, 6.07) is 20.3. The summed E-state index contributed by atoms with van der Waals surface area (Å²) >= 11 is 0. The molecule has 1 aliphatic rings. The van der Waals surface area contributed by atoms with Gasteiger partial charge < -0.3 is 24.7 Å². The number of H-pyrrole nitrogens is 1. The van der Waals surface area contributed by atoms with Crippen LogP contribution < -0.4 is 10.1 Å². The van der Waals surface area contributed by atoms with Gasteiger partial charge in [-0.2, -0.15) is 0 Å². The molecule has 3 aromatic carbocycles. The molecule has 0 radical (unpaired) electrons. The van der Waals surface area contributed by atoms with Crippen molar-refractivity contribution in [3.8, 4) is 17.1 Å². The third-order valence-corrected chi connectivity index (χ3v) is 7.94. The Morgan fingerprint density at radius 1 is 1.07 bits per heavy atom. The van der Waals surface area contributed by atoms with E-state index in [0.29, 0.717) is 17.1 Å². The van der Waals surface area contributed by atoms with E-state index in [2.05, 4.69) is 14.9 Å². The molecule has 0 aliphatic heterocycles. The molecular formula is C32H32N4O4. The predicted octanol–water partition coefficient (Wildman–Crippen LogP) is 6.12. The highest BCUT2D eigenvalue weighted by molar-refractivity contribution is 5.99. The van der Waals surface area contributed by atoms with Crippen molar-refractivity contribution in [2.75, 3.05) is 7.11 Å². The number of nitrogens with one attached hydrogen (secondary N) is 2. The van der Waals surface area contributed by atoms with Crippen molar-refractivity contribution in [2.45, 2.75) is 50.6 Å². The van der Waals surface area contributed by atoms with Crippen LogP contribution in [0.4, 0.5) is 0 Å². The maximum absolute atomic E-state index is 13.3. The van der Waals surface area contributed by atoms with E-state index >= 15 is 0 Å². The summed E-state index contributed by atoms with van der Waals surface area (Å²) in [4.78, 5) is 33.6. The van der Waals surface area contributed by atoms with Crippen LogP contribution in [0.25, 0.3) is 33.3 Å². The minimum absolute atomic E-state index is 0.172. The van der Waals surface area contributed by atoms with Crippen molar-refractivity contribution < 1.29 is 19.4 Å². The van der Waals surface area contributed by atoms with E-state index in [0.717, 1.165) is 52.0 Å². The van der Waals surface area contributed by atoms with Crippen LogP contribution in [0.15, 0.2) is 72.9 Å². The first-order chi connectivity index (χ1) is 19.5. The first-order valence-electron chi connectivity index (χ1n) is 13.8. The van der Waals surface area contributed by atoms with Gasteiger partial charge in [0.15, 0.2) is 0 Å². The van der Waals surface area contributed by atoms with Crippen LogP contribution in [0.1, 0.15) is 54.1 Å². The van der Waals surface area contributed by atoms with Crippen molar-refractivity contribution in [1.82, 2.24) is 19.9 Å². The maximum atomic E-state index is 13.3. The highest BCUT2D eigenvalue weighted by Gasteiger charge is 2.25. The second-order valence-corrected chi connectivity index (χ2v) is 10.5. The number of para-hydroxylation sites is 1. The van der Waals surface area contributed by atoms with Gasteiger partial charge >= 0.3 is 5.97 Å². The van der Waals surface area contributed by atoms with Gasteiger partial charge in [0.25, 0.3) is 5.91 Å². The summed E-state index contributed by atoms with van der Waals surface area (Å²) in [7, 11) is 1.65. The highest BCUT2D eigenvalue weighted by Crippen LogP contribution is 2.36. The first kappa shape index (κ1) is 25.7. The molecule has 1 unspecified atom stereocenters. The molecule has 1 aliphatic carbocycles. The zero-order valence-corrected chi connectivity index (χ0v) is 22.4. The molecular weight excluding hydrogens is 504 g/mol. The number of fused-ring (bicyclic) bond motifs is 2. The molecule has 2 heterocycles. The number of aliphatic carboxylic acids is 1. The third-order valence-electron chi connectivity index (χ3n) is 7.94. The van der Waals surface area contributed by atoms with E-state index in [-0.39, 0.29) is 6.42 Å². The van der Waals surface area contributed by atoms with E-state index in [1.54, 1.807) is 25.4 Å². The van der Waals surface area contributed by atoms with Crippen molar-refractivity contribution in [3.05, 3.63) is 84.1 Å². The van der Waals surface area contributed by atoms with E-state index in [1.165, 1.54) is 19.3 Å². The van der Waals surface area contributed by atoms with E-state index < -0.39 is 17.9 Å². The molecule has 2 aromatic heterocycles. The van der Waals surface area contributed by atoms with Gasteiger partial charge in [-0.25, -0.2) is 9.78 Å². The number of hydrogen-bond acceptors (Lipinski definition) is 4. The number of benzene rings is 3. The minimum atomic E-state index is -1.08. The van der Waals surface area contributed by atoms with Gasteiger partial charge in [0, 0.05) is 40.7 Å². The van der Waals surface area contributed by atoms with Crippen LogP contribution >= 0.6 is 0 Å². The number of imidazole rings is 1. The molecule has 1 amide bonds. The Balaban J connectivity index is 1.31. The van der Waals surface area contributed by atoms with Crippen LogP contribution in [0.5, 0.6) is 5.75 Å². The van der Waals surface area contributed by atoms with Crippen LogP contribution in [0.3, 0.4) is 0 Å². The number of amides is 1. The fraction of sp³-hybridized carbons (Fsp3) is 0.281. The largest absolute Gasteiger partial charge is 0.497 e. The molecule has 1 fully saturated rings. The Kier molecular flexibility index (Phi) is 6.99. The normalized spacial score (nSPS) is 14.8. The fourth-order valence-electron chi connectivity index (χ4n) is 5.85. The van der Waals surface area contributed by atoms with E-state index in [9.17, 15) is 14.7 Å². The average Bonchev–Trinajstić information content (AvgIpc) is 3.58. The number of rotatable bonds is 8. The lowest BCUT2D eigenvalue weighted by molar-refractivity contribution is -0.139. The molecule has 204 valence electrons. The highest BCUT2D eigenvalue weighted by atomic mass is 16.5. The topological polar surface area (TPSA) is 109 Å². The van der Waals surface area contributed by atoms with Crippen LogP contribution in [-0.4, -0.2) is 44.7 Å². The molecule has 3 N–H and O–H groups in total. The Morgan fingerprint density at radius 3 is 2.60 bits per heavy atom. The summed E-state index contributed by atoms with van der Waals surface area (Å²) in [5, 5.41) is 13.6. The van der Waals surface area contributed by atoms with E-state index in [1.807, 2.05) is 54.6 Å². The van der Waals surface area contributed by atoms with Crippen LogP contribution in [0.2, 0.25) is 0 Å². The van der Waals surface area contributed by atoms with Gasteiger partial charge in [-0.1, -0.05) is 37.5 Å². The van der Waals surface area contributed by atoms with Crippen LogP contribution in [0, 0.1) is 0 Å². The molecule has 0 bridgehead atoms. The lowest BCUT2D eigenvalue weighted by Crippen LogP contribution is -2.42. The number of nitrogens with zero attached hydrogens (tertiary/aromatic N) is 2. The van der Waals surface area contributed by atoms with Crippen molar-refractivity contribution >= 4 is 33.8 Å². The molecule has 40 heavy (non-hydrogen) atoms. The third kappa shape index (κ3) is 4.93. The predicted molar refractivity (Wildman–Crippen MR) is 155 cm³/mol. The van der Waals surface area contributed by atoms with Crippen molar-refractivity contribution in [3.63, 3.8) is 0 Å². The van der Waals surface area contributed by atoms with Gasteiger partial charge in [-0.05, 0) is 66.9 Å². The maximum Gasteiger partial charge on any atom is 0.326 e. The molecule has 8 heteroatoms. The average molecular weight is 537 g/mol. The zero-order valence-electron chi connectivity index (χ0n) is 22.4. The smallest absolute Gasteiger partial charge is 0.326 e. The van der Waals surface area contributed by atoms with Crippen molar-refractivity contribution in [2.24, 2.45) is 0 Å². The van der Waals surface area contributed by atoms with Crippen LogP contribution in [-0.2, 0) is 11.2 Å². The fourth-order valence-corrected chi connectivity index (χ4v) is 5.85. The molecule has 1 saturated carbocycles. The molecule has 0 spiro atoms. The minimum Gasteiger partial charge on any atom is -0.497 e. The number of ether oxygens (including phenoxy) is 1.